The second kappa shape index (κ2) is 5.10. The summed E-state index contributed by atoms with van der Waals surface area (Å²) in [6.45, 7) is 2.50. The van der Waals surface area contributed by atoms with Gasteiger partial charge in [-0.3, -0.25) is 0 Å². The molecule has 3 rings (SSSR count). The van der Waals surface area contributed by atoms with Crippen molar-refractivity contribution in [1.29, 1.82) is 0 Å². The summed E-state index contributed by atoms with van der Waals surface area (Å²) in [5.41, 5.74) is 3.68. The van der Waals surface area contributed by atoms with Crippen LogP contribution in [0.5, 0.6) is 0 Å². The van der Waals surface area contributed by atoms with Gasteiger partial charge in [-0.15, -0.1) is 0 Å². The van der Waals surface area contributed by atoms with E-state index in [0.717, 1.165) is 22.0 Å². The number of hydrogen-bond donors (Lipinski definition) is 1. The lowest BCUT2D eigenvalue weighted by atomic mass is 10.1. The lowest BCUT2D eigenvalue weighted by Gasteiger charge is -2.11. The molecule has 0 radical (unpaired) electrons. The average Bonchev–Trinajstić information content (AvgIpc) is 2.86. The number of aromatic nitrogens is 1. The molecule has 0 fully saturated rings. The van der Waals surface area contributed by atoms with Crippen LogP contribution < -0.4 is 0 Å². The van der Waals surface area contributed by atoms with E-state index in [1.807, 2.05) is 42.0 Å². The average molecular weight is 269 g/mol. The quantitative estimate of drug-likeness (QED) is 0.771. The molecule has 20 heavy (non-hydrogen) atoms. The molecule has 0 amide bonds. The van der Waals surface area contributed by atoms with E-state index in [1.165, 1.54) is 6.07 Å². The molecule has 3 heteroatoms. The van der Waals surface area contributed by atoms with Gasteiger partial charge in [-0.1, -0.05) is 30.3 Å². The summed E-state index contributed by atoms with van der Waals surface area (Å²) in [5, 5.41) is 10.5. The lowest BCUT2D eigenvalue weighted by Crippen LogP contribution is -2.02. The molecule has 0 aliphatic heterocycles. The molecular formula is C17H16FNO. The van der Waals surface area contributed by atoms with Crippen LogP contribution in [0, 0.1) is 12.7 Å². The zero-order valence-corrected chi connectivity index (χ0v) is 11.3. The predicted molar refractivity (Wildman–Crippen MR) is 78.1 cm³/mol. The van der Waals surface area contributed by atoms with E-state index in [2.05, 4.69) is 0 Å². The van der Waals surface area contributed by atoms with E-state index in [1.54, 1.807) is 12.1 Å². The Balaban J connectivity index is 2.11. The second-order valence-electron chi connectivity index (χ2n) is 4.98. The molecule has 1 heterocycles. The molecular weight excluding hydrogens is 253 g/mol. The Morgan fingerprint density at radius 3 is 2.60 bits per heavy atom. The molecule has 2 aromatic carbocycles. The zero-order chi connectivity index (χ0) is 14.1. The molecule has 0 atom stereocenters. The molecule has 1 aromatic heterocycles. The second-order valence-corrected chi connectivity index (χ2v) is 4.98. The van der Waals surface area contributed by atoms with Gasteiger partial charge in [0.15, 0.2) is 0 Å². The number of aliphatic hydroxyl groups excluding tert-OH is 1. The van der Waals surface area contributed by atoms with Gasteiger partial charge in [0.2, 0.25) is 0 Å². The third kappa shape index (κ3) is 2.10. The normalized spacial score (nSPS) is 11.2. The molecule has 0 saturated heterocycles. The first-order valence-corrected chi connectivity index (χ1v) is 6.62. The number of benzene rings is 2. The highest BCUT2D eigenvalue weighted by Gasteiger charge is 2.09. The van der Waals surface area contributed by atoms with E-state index >= 15 is 0 Å². The maximum atomic E-state index is 13.8. The summed E-state index contributed by atoms with van der Waals surface area (Å²) in [6, 6.07) is 12.8. The molecule has 0 unspecified atom stereocenters. The van der Waals surface area contributed by atoms with Crippen LogP contribution in [0.25, 0.3) is 10.9 Å². The summed E-state index contributed by atoms with van der Waals surface area (Å²) in [6.07, 6.45) is 1.96. The standard InChI is InChI=1S/C17H16FNO/c1-12-15(11-20)7-6-13-8-9-19(17(12)13)10-14-4-2-3-5-16(14)18/h2-9,20H,10-11H2,1H3. The largest absolute Gasteiger partial charge is 0.392 e. The fourth-order valence-electron chi connectivity index (χ4n) is 2.64. The Kier molecular flexibility index (Phi) is 3.28. The fourth-order valence-corrected chi connectivity index (χ4v) is 2.64. The van der Waals surface area contributed by atoms with Crippen LogP contribution in [0.4, 0.5) is 4.39 Å². The molecule has 1 N–H and O–H groups in total. The van der Waals surface area contributed by atoms with Crippen LogP contribution in [0.3, 0.4) is 0 Å². The maximum absolute atomic E-state index is 13.8. The van der Waals surface area contributed by atoms with Crippen molar-refractivity contribution in [2.24, 2.45) is 0 Å². The maximum Gasteiger partial charge on any atom is 0.128 e. The Bertz CT molecular complexity index is 761. The highest BCUT2D eigenvalue weighted by molar-refractivity contribution is 5.84. The first-order valence-electron chi connectivity index (χ1n) is 6.62. The van der Waals surface area contributed by atoms with Gasteiger partial charge in [-0.25, -0.2) is 4.39 Å². The number of aryl methyl sites for hydroxylation is 1. The van der Waals surface area contributed by atoms with Crippen LogP contribution in [-0.2, 0) is 13.2 Å². The molecule has 0 spiro atoms. The minimum Gasteiger partial charge on any atom is -0.392 e. The van der Waals surface area contributed by atoms with Gasteiger partial charge in [0.1, 0.15) is 5.82 Å². The molecule has 0 aliphatic rings. The highest BCUT2D eigenvalue weighted by atomic mass is 19.1. The topological polar surface area (TPSA) is 25.2 Å². The van der Waals surface area contributed by atoms with Gasteiger partial charge in [0, 0.05) is 11.8 Å². The Hall–Kier alpha value is -2.13. The van der Waals surface area contributed by atoms with Gasteiger partial charge >= 0.3 is 0 Å². The summed E-state index contributed by atoms with van der Waals surface area (Å²) in [7, 11) is 0. The summed E-state index contributed by atoms with van der Waals surface area (Å²) in [5.74, 6) is -0.190. The number of halogens is 1. The van der Waals surface area contributed by atoms with Crippen molar-refractivity contribution in [2.75, 3.05) is 0 Å². The molecule has 0 aliphatic carbocycles. The molecule has 102 valence electrons. The van der Waals surface area contributed by atoms with Crippen molar-refractivity contribution >= 4 is 10.9 Å². The molecule has 2 nitrogen and oxygen atoms in total. The predicted octanol–water partition coefficient (Wildman–Crippen LogP) is 3.63. The fraction of sp³-hybridized carbons (Fsp3) is 0.176. The first kappa shape index (κ1) is 12.9. The SMILES string of the molecule is Cc1c(CO)ccc2ccn(Cc3ccccc3F)c12. The van der Waals surface area contributed by atoms with Crippen molar-refractivity contribution in [3.05, 3.63) is 71.2 Å². The highest BCUT2D eigenvalue weighted by Crippen LogP contribution is 2.24. The van der Waals surface area contributed by atoms with Crippen LogP contribution in [0.2, 0.25) is 0 Å². The first-order chi connectivity index (χ1) is 9.70. The minimum atomic E-state index is -0.190. The monoisotopic (exact) mass is 269 g/mol. The van der Waals surface area contributed by atoms with Crippen molar-refractivity contribution in [2.45, 2.75) is 20.1 Å². The lowest BCUT2D eigenvalue weighted by molar-refractivity contribution is 0.281. The van der Waals surface area contributed by atoms with Crippen LogP contribution in [-0.4, -0.2) is 9.67 Å². The number of fused-ring (bicyclic) bond motifs is 1. The van der Waals surface area contributed by atoms with Crippen molar-refractivity contribution in [3.8, 4) is 0 Å². The third-order valence-electron chi connectivity index (χ3n) is 3.76. The van der Waals surface area contributed by atoms with Gasteiger partial charge in [0.25, 0.3) is 0 Å². The van der Waals surface area contributed by atoms with E-state index in [9.17, 15) is 9.50 Å². The van der Waals surface area contributed by atoms with E-state index < -0.39 is 0 Å². The third-order valence-corrected chi connectivity index (χ3v) is 3.76. The van der Waals surface area contributed by atoms with Gasteiger partial charge in [-0.05, 0) is 35.6 Å². The Morgan fingerprint density at radius 2 is 1.85 bits per heavy atom. The zero-order valence-electron chi connectivity index (χ0n) is 11.3. The van der Waals surface area contributed by atoms with E-state index in [4.69, 9.17) is 0 Å². The Labute approximate surface area is 117 Å². The minimum absolute atomic E-state index is 0.0205. The number of rotatable bonds is 3. The summed E-state index contributed by atoms with van der Waals surface area (Å²) < 4.78 is 15.8. The molecule has 3 aromatic rings. The molecule has 0 bridgehead atoms. The van der Waals surface area contributed by atoms with Crippen LogP contribution in [0.1, 0.15) is 16.7 Å². The van der Waals surface area contributed by atoms with Gasteiger partial charge in [-0.2, -0.15) is 0 Å². The number of nitrogens with zero attached hydrogens (tertiary/aromatic N) is 1. The van der Waals surface area contributed by atoms with Crippen molar-refractivity contribution < 1.29 is 9.50 Å². The number of hydrogen-bond acceptors (Lipinski definition) is 1. The van der Waals surface area contributed by atoms with Gasteiger partial charge in [0.05, 0.1) is 18.7 Å². The van der Waals surface area contributed by atoms with Crippen molar-refractivity contribution in [1.82, 2.24) is 4.57 Å². The van der Waals surface area contributed by atoms with Crippen molar-refractivity contribution in [3.63, 3.8) is 0 Å². The van der Waals surface area contributed by atoms with E-state index in [-0.39, 0.29) is 12.4 Å². The van der Waals surface area contributed by atoms with Crippen LogP contribution in [0.15, 0.2) is 48.7 Å². The number of aliphatic hydroxyl groups is 1. The van der Waals surface area contributed by atoms with Gasteiger partial charge < -0.3 is 9.67 Å². The van der Waals surface area contributed by atoms with E-state index in [0.29, 0.717) is 12.1 Å². The summed E-state index contributed by atoms with van der Waals surface area (Å²) >= 11 is 0. The Morgan fingerprint density at radius 1 is 1.05 bits per heavy atom. The van der Waals surface area contributed by atoms with Crippen LogP contribution >= 0.6 is 0 Å². The molecule has 0 saturated carbocycles. The summed E-state index contributed by atoms with van der Waals surface area (Å²) in [4.78, 5) is 0. The smallest absolute Gasteiger partial charge is 0.128 e.